The van der Waals surface area contributed by atoms with Crippen LogP contribution in [0.15, 0.2) is 99.5 Å². The number of nitrogen functional groups attached to an aromatic ring is 1. The van der Waals surface area contributed by atoms with Gasteiger partial charge in [-0.1, -0.05) is 61.9 Å². The van der Waals surface area contributed by atoms with Crippen molar-refractivity contribution in [3.05, 3.63) is 145 Å². The van der Waals surface area contributed by atoms with E-state index < -0.39 is 21.3 Å². The van der Waals surface area contributed by atoms with Gasteiger partial charge in [-0.3, -0.25) is 9.78 Å². The van der Waals surface area contributed by atoms with Gasteiger partial charge in [0.2, 0.25) is 5.82 Å². The number of benzene rings is 3. The third kappa shape index (κ3) is 6.57. The third-order valence-electron chi connectivity index (χ3n) is 8.60. The fourth-order valence-corrected chi connectivity index (χ4v) is 7.25. The standard InChI is InChI=1S/C37H38N6O5S/c1-23(2)32-20-42(49(46,47)30-14-11-24(3)12-15-30)33-16-13-28(39-34(32)33)19-31-25(4)17-29(18-26(31)5)43-37(45)41(36(44)35(38)40-43)22-48-21-27-9-7-6-8-10-27/h6-18,20,23H,19,21-22H2,1-5H3,(H2,38,40). The summed E-state index contributed by atoms with van der Waals surface area (Å²) in [6.07, 6.45) is 2.15. The molecule has 0 radical (unpaired) electrons. The number of pyridine rings is 1. The summed E-state index contributed by atoms with van der Waals surface area (Å²) in [5.41, 5.74) is 12.4. The Labute approximate surface area is 284 Å². The maximum atomic E-state index is 13.7. The van der Waals surface area contributed by atoms with Crippen LogP contribution in [0.5, 0.6) is 0 Å². The second-order valence-corrected chi connectivity index (χ2v) is 14.3. The molecule has 0 bridgehead atoms. The summed E-state index contributed by atoms with van der Waals surface area (Å²) in [6, 6.07) is 23.5. The fourth-order valence-electron chi connectivity index (χ4n) is 5.88. The van der Waals surface area contributed by atoms with Crippen LogP contribution in [-0.2, 0) is 34.5 Å². The van der Waals surface area contributed by atoms with Crippen molar-refractivity contribution in [3.63, 3.8) is 0 Å². The summed E-state index contributed by atoms with van der Waals surface area (Å²) in [5.74, 6) is -0.287. The van der Waals surface area contributed by atoms with E-state index in [1.807, 2.05) is 89.2 Å². The first kappa shape index (κ1) is 33.6. The number of hydrogen-bond acceptors (Lipinski definition) is 8. The van der Waals surface area contributed by atoms with Crippen LogP contribution in [-0.4, -0.2) is 31.7 Å². The molecule has 11 nitrogen and oxygen atoms in total. The molecule has 49 heavy (non-hydrogen) atoms. The normalized spacial score (nSPS) is 11.9. The second-order valence-electron chi connectivity index (χ2n) is 12.5. The van der Waals surface area contributed by atoms with E-state index in [0.717, 1.165) is 48.3 Å². The molecular formula is C37H38N6O5S. The van der Waals surface area contributed by atoms with E-state index in [0.29, 0.717) is 23.1 Å². The molecule has 6 rings (SSSR count). The Bertz CT molecular complexity index is 2390. The lowest BCUT2D eigenvalue weighted by molar-refractivity contribution is 0.0580. The van der Waals surface area contributed by atoms with Crippen LogP contribution in [0.25, 0.3) is 16.7 Å². The largest absolute Gasteiger partial charge is 0.378 e. The van der Waals surface area contributed by atoms with Gasteiger partial charge in [-0.2, -0.15) is 4.68 Å². The van der Waals surface area contributed by atoms with Gasteiger partial charge in [-0.25, -0.2) is 21.8 Å². The Hall–Kier alpha value is -5.33. The highest BCUT2D eigenvalue weighted by atomic mass is 32.2. The van der Waals surface area contributed by atoms with Crippen LogP contribution in [0.2, 0.25) is 0 Å². The monoisotopic (exact) mass is 678 g/mol. The molecule has 252 valence electrons. The van der Waals surface area contributed by atoms with Gasteiger partial charge in [0, 0.05) is 18.3 Å². The van der Waals surface area contributed by atoms with Crippen molar-refractivity contribution in [1.82, 2.24) is 23.3 Å². The number of nitrogens with two attached hydrogens (primary N) is 1. The van der Waals surface area contributed by atoms with Crippen LogP contribution in [0.1, 0.15) is 58.8 Å². The summed E-state index contributed by atoms with van der Waals surface area (Å²) in [5, 5.41) is 4.10. The number of fused-ring (bicyclic) bond motifs is 1. The minimum absolute atomic E-state index is 0.0349. The van der Waals surface area contributed by atoms with E-state index in [1.165, 1.54) is 3.97 Å². The molecule has 3 aromatic heterocycles. The first-order valence-corrected chi connectivity index (χ1v) is 17.3. The molecule has 6 aromatic rings. The van der Waals surface area contributed by atoms with Crippen molar-refractivity contribution in [2.75, 3.05) is 5.73 Å². The Morgan fingerprint density at radius 2 is 1.57 bits per heavy atom. The Morgan fingerprint density at radius 1 is 0.898 bits per heavy atom. The summed E-state index contributed by atoms with van der Waals surface area (Å²) in [4.78, 5) is 31.4. The molecule has 2 N–H and O–H groups in total. The molecule has 0 saturated heterocycles. The third-order valence-corrected chi connectivity index (χ3v) is 10.3. The zero-order valence-corrected chi connectivity index (χ0v) is 28.9. The van der Waals surface area contributed by atoms with E-state index in [2.05, 4.69) is 5.10 Å². The lowest BCUT2D eigenvalue weighted by Gasteiger charge is -2.15. The number of anilines is 1. The molecule has 0 amide bonds. The van der Waals surface area contributed by atoms with Gasteiger partial charge >= 0.3 is 11.2 Å². The van der Waals surface area contributed by atoms with Crippen molar-refractivity contribution >= 4 is 26.9 Å². The van der Waals surface area contributed by atoms with Gasteiger partial charge in [-0.15, -0.1) is 5.10 Å². The number of aromatic nitrogens is 5. The summed E-state index contributed by atoms with van der Waals surface area (Å²) < 4.78 is 36.4. The van der Waals surface area contributed by atoms with Gasteiger partial charge < -0.3 is 10.5 Å². The first-order valence-electron chi connectivity index (χ1n) is 15.9. The summed E-state index contributed by atoms with van der Waals surface area (Å²) >= 11 is 0. The van der Waals surface area contributed by atoms with Crippen molar-refractivity contribution in [3.8, 4) is 5.69 Å². The number of rotatable bonds is 10. The van der Waals surface area contributed by atoms with Gasteiger partial charge in [0.05, 0.1) is 28.2 Å². The Morgan fingerprint density at radius 3 is 2.22 bits per heavy atom. The minimum Gasteiger partial charge on any atom is -0.378 e. The van der Waals surface area contributed by atoms with E-state index in [-0.39, 0.29) is 30.0 Å². The number of ether oxygens (including phenoxy) is 1. The first-order chi connectivity index (χ1) is 23.3. The highest BCUT2D eigenvalue weighted by Gasteiger charge is 2.24. The summed E-state index contributed by atoms with van der Waals surface area (Å²) in [7, 11) is -3.84. The highest BCUT2D eigenvalue weighted by molar-refractivity contribution is 7.90. The SMILES string of the molecule is Cc1ccc(S(=O)(=O)n2cc(C(C)C)c3nc(Cc4c(C)cc(-n5nc(N)c(=O)n(COCc6ccccc6)c5=O)cc4C)ccc32)cc1. The van der Waals surface area contributed by atoms with Crippen LogP contribution in [0.3, 0.4) is 0 Å². The van der Waals surface area contributed by atoms with E-state index >= 15 is 0 Å². The van der Waals surface area contributed by atoms with Crippen molar-refractivity contribution in [2.24, 2.45) is 0 Å². The van der Waals surface area contributed by atoms with E-state index in [4.69, 9.17) is 15.5 Å². The molecule has 0 spiro atoms. The molecule has 0 aliphatic carbocycles. The molecule has 0 atom stereocenters. The number of hydrogen-bond donors (Lipinski definition) is 1. The average molecular weight is 679 g/mol. The quantitative estimate of drug-likeness (QED) is 0.204. The van der Waals surface area contributed by atoms with Crippen LogP contribution in [0.4, 0.5) is 5.82 Å². The Kier molecular flexibility index (Phi) is 9.10. The molecule has 0 unspecified atom stereocenters. The van der Waals surface area contributed by atoms with Gasteiger partial charge in [-0.05, 0) is 90.9 Å². The van der Waals surface area contributed by atoms with Gasteiger partial charge in [0.25, 0.3) is 10.0 Å². The molecule has 0 saturated carbocycles. The molecule has 3 aromatic carbocycles. The second kappa shape index (κ2) is 13.3. The van der Waals surface area contributed by atoms with Crippen molar-refractivity contribution in [1.29, 1.82) is 0 Å². The zero-order valence-electron chi connectivity index (χ0n) is 28.0. The van der Waals surface area contributed by atoms with Gasteiger partial charge in [0.1, 0.15) is 6.73 Å². The Balaban J connectivity index is 1.32. The van der Waals surface area contributed by atoms with Crippen LogP contribution >= 0.6 is 0 Å². The predicted molar refractivity (Wildman–Crippen MR) is 190 cm³/mol. The van der Waals surface area contributed by atoms with Crippen molar-refractivity contribution in [2.45, 2.75) is 65.2 Å². The van der Waals surface area contributed by atoms with Crippen LogP contribution in [0, 0.1) is 20.8 Å². The van der Waals surface area contributed by atoms with E-state index in [1.54, 1.807) is 30.5 Å². The average Bonchev–Trinajstić information content (AvgIpc) is 3.47. The molecular weight excluding hydrogens is 641 g/mol. The van der Waals surface area contributed by atoms with Crippen molar-refractivity contribution < 1.29 is 13.2 Å². The maximum absolute atomic E-state index is 13.7. The highest BCUT2D eigenvalue weighted by Crippen LogP contribution is 2.31. The topological polar surface area (TPSA) is 144 Å². The molecule has 0 aliphatic rings. The fraction of sp³-hybridized carbons (Fsp3) is 0.243. The minimum atomic E-state index is -3.84. The van der Waals surface area contributed by atoms with Gasteiger partial charge in [0.15, 0.2) is 0 Å². The lowest BCUT2D eigenvalue weighted by Crippen LogP contribution is -2.42. The lowest BCUT2D eigenvalue weighted by atomic mass is 9.97. The number of aryl methyl sites for hydroxylation is 3. The smallest absolute Gasteiger partial charge is 0.354 e. The summed E-state index contributed by atoms with van der Waals surface area (Å²) in [6.45, 7) is 9.74. The molecule has 12 heteroatoms. The molecule has 3 heterocycles. The molecule has 0 aliphatic heterocycles. The van der Waals surface area contributed by atoms with Crippen LogP contribution < -0.4 is 17.0 Å². The molecule has 0 fully saturated rings. The van der Waals surface area contributed by atoms with E-state index in [9.17, 15) is 18.0 Å². The predicted octanol–water partition coefficient (Wildman–Crippen LogP) is 5.38. The zero-order chi connectivity index (χ0) is 35.0. The number of nitrogens with zero attached hydrogens (tertiary/aromatic N) is 5. The maximum Gasteiger partial charge on any atom is 0.354 e.